The average molecular weight is 239 g/mol. The van der Waals surface area contributed by atoms with Crippen LogP contribution < -0.4 is 10.2 Å². The molecule has 5 nitrogen and oxygen atoms in total. The van der Waals surface area contributed by atoms with Gasteiger partial charge in [-0.3, -0.25) is 0 Å². The summed E-state index contributed by atoms with van der Waals surface area (Å²) in [5, 5.41) is 3.24. The van der Waals surface area contributed by atoms with Crippen molar-refractivity contribution in [1.82, 2.24) is 10.3 Å². The van der Waals surface area contributed by atoms with E-state index < -0.39 is 0 Å². The van der Waals surface area contributed by atoms with Crippen molar-refractivity contribution >= 4 is 6.01 Å². The predicted molar refractivity (Wildman–Crippen MR) is 66.1 cm³/mol. The Labute approximate surface area is 102 Å². The number of nitrogens with one attached hydrogen (secondary N) is 1. The monoisotopic (exact) mass is 239 g/mol. The second-order valence-electron chi connectivity index (χ2n) is 4.92. The third-order valence-corrected chi connectivity index (χ3v) is 2.97. The second-order valence-corrected chi connectivity index (χ2v) is 4.92. The van der Waals surface area contributed by atoms with Crippen molar-refractivity contribution in [2.75, 3.05) is 31.2 Å². The lowest BCUT2D eigenvalue weighted by Crippen LogP contribution is -2.53. The van der Waals surface area contributed by atoms with Gasteiger partial charge in [-0.15, -0.1) is 0 Å². The van der Waals surface area contributed by atoms with Crippen molar-refractivity contribution in [2.45, 2.75) is 32.9 Å². The van der Waals surface area contributed by atoms with Crippen LogP contribution in [0, 0.1) is 0 Å². The van der Waals surface area contributed by atoms with Gasteiger partial charge in [0.2, 0.25) is 0 Å². The lowest BCUT2D eigenvalue weighted by atomic mass is 10.0. The van der Waals surface area contributed by atoms with E-state index in [1.807, 2.05) is 0 Å². The molecule has 1 aromatic heterocycles. The molecule has 2 rings (SSSR count). The van der Waals surface area contributed by atoms with Crippen LogP contribution in [0.5, 0.6) is 0 Å². The highest BCUT2D eigenvalue weighted by atomic mass is 16.5. The Balaban J connectivity index is 2.07. The number of hydrogen-bond donors (Lipinski definition) is 1. The summed E-state index contributed by atoms with van der Waals surface area (Å²) in [7, 11) is 0. The minimum absolute atomic E-state index is 0.0570. The first-order chi connectivity index (χ1) is 8.13. The highest BCUT2D eigenvalue weighted by Gasteiger charge is 2.33. The minimum Gasteiger partial charge on any atom is -0.432 e. The number of ether oxygens (including phenoxy) is 1. The van der Waals surface area contributed by atoms with E-state index >= 15 is 0 Å². The van der Waals surface area contributed by atoms with Gasteiger partial charge >= 0.3 is 0 Å². The fourth-order valence-electron chi connectivity index (χ4n) is 1.97. The lowest BCUT2D eigenvalue weighted by Gasteiger charge is -2.40. The normalized spacial score (nSPS) is 19.6. The van der Waals surface area contributed by atoms with E-state index in [4.69, 9.17) is 9.15 Å². The first-order valence-corrected chi connectivity index (χ1v) is 6.14. The topological polar surface area (TPSA) is 50.5 Å². The maximum Gasteiger partial charge on any atom is 0.298 e. The van der Waals surface area contributed by atoms with Gasteiger partial charge in [0.05, 0.1) is 24.4 Å². The van der Waals surface area contributed by atoms with E-state index in [2.05, 4.69) is 36.0 Å². The van der Waals surface area contributed by atoms with Crippen molar-refractivity contribution in [3.05, 3.63) is 12.0 Å². The Morgan fingerprint density at radius 2 is 2.35 bits per heavy atom. The smallest absolute Gasteiger partial charge is 0.298 e. The van der Waals surface area contributed by atoms with E-state index in [-0.39, 0.29) is 5.54 Å². The summed E-state index contributed by atoms with van der Waals surface area (Å²) in [6, 6.07) is 0.700. The maximum atomic E-state index is 5.56. The van der Waals surface area contributed by atoms with Gasteiger partial charge in [0.25, 0.3) is 6.01 Å². The Hall–Kier alpha value is -1.07. The van der Waals surface area contributed by atoms with E-state index in [0.29, 0.717) is 12.6 Å². The van der Waals surface area contributed by atoms with Crippen LogP contribution in [-0.4, -0.2) is 36.8 Å². The van der Waals surface area contributed by atoms with Crippen LogP contribution in [0.3, 0.4) is 0 Å². The molecule has 1 fully saturated rings. The zero-order valence-electron chi connectivity index (χ0n) is 10.8. The van der Waals surface area contributed by atoms with Crippen LogP contribution in [0.15, 0.2) is 10.7 Å². The first kappa shape index (κ1) is 12.4. The van der Waals surface area contributed by atoms with E-state index in [0.717, 1.165) is 31.9 Å². The third-order valence-electron chi connectivity index (χ3n) is 2.97. The van der Waals surface area contributed by atoms with Gasteiger partial charge in [0.15, 0.2) is 0 Å². The van der Waals surface area contributed by atoms with Gasteiger partial charge in [0.1, 0.15) is 6.26 Å². The van der Waals surface area contributed by atoms with Crippen molar-refractivity contribution < 1.29 is 9.15 Å². The van der Waals surface area contributed by atoms with Crippen molar-refractivity contribution in [2.24, 2.45) is 0 Å². The van der Waals surface area contributed by atoms with Crippen molar-refractivity contribution in [3.63, 3.8) is 0 Å². The molecule has 0 atom stereocenters. The number of anilines is 1. The van der Waals surface area contributed by atoms with Crippen molar-refractivity contribution in [3.8, 4) is 0 Å². The van der Waals surface area contributed by atoms with Crippen LogP contribution in [0.4, 0.5) is 6.01 Å². The molecule has 0 amide bonds. The molecule has 2 heterocycles. The highest BCUT2D eigenvalue weighted by Crippen LogP contribution is 2.26. The Kier molecular flexibility index (Phi) is 3.69. The first-order valence-electron chi connectivity index (χ1n) is 6.14. The van der Waals surface area contributed by atoms with Gasteiger partial charge < -0.3 is 19.4 Å². The Morgan fingerprint density at radius 1 is 1.53 bits per heavy atom. The largest absolute Gasteiger partial charge is 0.432 e. The molecule has 0 radical (unpaired) electrons. The molecule has 0 saturated carbocycles. The molecule has 1 aliphatic rings. The molecule has 0 aliphatic carbocycles. The van der Waals surface area contributed by atoms with Crippen LogP contribution in [-0.2, 0) is 11.3 Å². The fraction of sp³-hybridized carbons (Fsp3) is 0.750. The summed E-state index contributed by atoms with van der Waals surface area (Å²) in [5.41, 5.74) is 0.891. The fourth-order valence-corrected chi connectivity index (χ4v) is 1.97. The standard InChI is InChI=1S/C12H21N3O2/c1-4-13-7-10-8-17-11(14-10)15-5-6-16-9-12(15,2)3/h8,13H,4-7,9H2,1-3H3. The van der Waals surface area contributed by atoms with E-state index in [1.165, 1.54) is 0 Å². The molecule has 96 valence electrons. The van der Waals surface area contributed by atoms with Gasteiger partial charge in [0, 0.05) is 13.1 Å². The molecule has 17 heavy (non-hydrogen) atoms. The molecule has 1 saturated heterocycles. The summed E-state index contributed by atoms with van der Waals surface area (Å²) >= 11 is 0. The van der Waals surface area contributed by atoms with Crippen LogP contribution in [0.25, 0.3) is 0 Å². The number of morpholine rings is 1. The van der Waals surface area contributed by atoms with E-state index in [1.54, 1.807) is 6.26 Å². The molecule has 1 aromatic rings. The Morgan fingerprint density at radius 3 is 3.06 bits per heavy atom. The highest BCUT2D eigenvalue weighted by molar-refractivity contribution is 5.32. The van der Waals surface area contributed by atoms with Crippen molar-refractivity contribution in [1.29, 1.82) is 0 Å². The molecular formula is C12H21N3O2. The zero-order valence-corrected chi connectivity index (χ0v) is 10.8. The number of aromatic nitrogens is 1. The molecule has 0 bridgehead atoms. The predicted octanol–water partition coefficient (Wildman–Crippen LogP) is 1.40. The van der Waals surface area contributed by atoms with Crippen LogP contribution in [0.1, 0.15) is 26.5 Å². The van der Waals surface area contributed by atoms with Crippen LogP contribution >= 0.6 is 0 Å². The SMILES string of the molecule is CCNCc1coc(N2CCOCC2(C)C)n1. The lowest BCUT2D eigenvalue weighted by molar-refractivity contribution is 0.0612. The number of hydrogen-bond acceptors (Lipinski definition) is 5. The van der Waals surface area contributed by atoms with Gasteiger partial charge in [-0.2, -0.15) is 4.98 Å². The van der Waals surface area contributed by atoms with Gasteiger partial charge in [-0.1, -0.05) is 6.92 Å². The summed E-state index contributed by atoms with van der Waals surface area (Å²) in [6.07, 6.45) is 1.73. The molecule has 0 spiro atoms. The molecule has 1 N–H and O–H groups in total. The third kappa shape index (κ3) is 2.79. The number of rotatable bonds is 4. The molecular weight excluding hydrogens is 218 g/mol. The molecule has 5 heteroatoms. The zero-order chi connectivity index (χ0) is 12.3. The molecule has 0 aromatic carbocycles. The summed E-state index contributed by atoms with van der Waals surface area (Å²) in [5.74, 6) is 0. The van der Waals surface area contributed by atoms with Gasteiger partial charge in [-0.25, -0.2) is 0 Å². The number of oxazole rings is 1. The molecule has 0 unspecified atom stereocenters. The molecule has 1 aliphatic heterocycles. The van der Waals surface area contributed by atoms with E-state index in [9.17, 15) is 0 Å². The summed E-state index contributed by atoms with van der Waals surface area (Å²) in [6.45, 7) is 10.3. The quantitative estimate of drug-likeness (QED) is 0.860. The second kappa shape index (κ2) is 5.06. The maximum absolute atomic E-state index is 5.56. The van der Waals surface area contributed by atoms with Crippen LogP contribution in [0.2, 0.25) is 0 Å². The summed E-state index contributed by atoms with van der Waals surface area (Å²) < 4.78 is 11.0. The average Bonchev–Trinajstić information content (AvgIpc) is 2.74. The number of nitrogens with zero attached hydrogens (tertiary/aromatic N) is 2. The summed E-state index contributed by atoms with van der Waals surface area (Å²) in [4.78, 5) is 6.68. The minimum atomic E-state index is -0.0570. The Bertz CT molecular complexity index is 362. The van der Waals surface area contributed by atoms with Gasteiger partial charge in [-0.05, 0) is 20.4 Å².